The lowest BCUT2D eigenvalue weighted by atomic mass is 10.1. The molecule has 88 valence electrons. The van der Waals surface area contributed by atoms with Crippen LogP contribution in [0.25, 0.3) is 0 Å². The lowest BCUT2D eigenvalue weighted by Gasteiger charge is -2.21. The van der Waals surface area contributed by atoms with Crippen molar-refractivity contribution in [2.24, 2.45) is 5.73 Å². The molecule has 0 bridgehead atoms. The molecule has 2 unspecified atom stereocenters. The number of nitrogens with two attached hydrogens (primary N) is 1. The van der Waals surface area contributed by atoms with Crippen LogP contribution in [0.5, 0.6) is 0 Å². The Hall–Kier alpha value is -0.610. The Morgan fingerprint density at radius 3 is 2.60 bits per heavy atom. The fraction of sp³-hybridized carbons (Fsp3) is 0.909. The van der Waals surface area contributed by atoms with Crippen molar-refractivity contribution in [1.82, 2.24) is 5.32 Å². The Labute approximate surface area is 91.5 Å². The first-order valence-corrected chi connectivity index (χ1v) is 5.55. The number of rotatable bonds is 3. The molecule has 1 fully saturated rings. The van der Waals surface area contributed by atoms with E-state index >= 15 is 0 Å². The van der Waals surface area contributed by atoms with Gasteiger partial charge < -0.3 is 15.8 Å². The highest BCUT2D eigenvalue weighted by Gasteiger charge is 2.23. The molecule has 0 saturated heterocycles. The summed E-state index contributed by atoms with van der Waals surface area (Å²) >= 11 is 0. The van der Waals surface area contributed by atoms with Gasteiger partial charge in [0, 0.05) is 11.6 Å². The van der Waals surface area contributed by atoms with Crippen molar-refractivity contribution >= 4 is 5.91 Å². The van der Waals surface area contributed by atoms with Crippen molar-refractivity contribution in [3.05, 3.63) is 0 Å². The van der Waals surface area contributed by atoms with Gasteiger partial charge in [-0.05, 0) is 40.0 Å². The summed E-state index contributed by atoms with van der Waals surface area (Å²) in [5.41, 5.74) is 5.56. The van der Waals surface area contributed by atoms with Gasteiger partial charge in [0.1, 0.15) is 6.61 Å². The first kappa shape index (κ1) is 12.5. The maximum Gasteiger partial charge on any atom is 0.246 e. The van der Waals surface area contributed by atoms with E-state index in [1.54, 1.807) is 0 Å². The van der Waals surface area contributed by atoms with Crippen LogP contribution in [0, 0.1) is 0 Å². The Kier molecular flexibility index (Phi) is 4.11. The summed E-state index contributed by atoms with van der Waals surface area (Å²) in [5.74, 6) is -0.0528. The SMILES string of the molecule is CC(C)(C)NC(=O)COC1CCC(N)C1. The third-order valence-electron chi connectivity index (χ3n) is 2.39. The van der Waals surface area contributed by atoms with E-state index in [0.717, 1.165) is 19.3 Å². The topological polar surface area (TPSA) is 64.3 Å². The van der Waals surface area contributed by atoms with Gasteiger partial charge in [0.25, 0.3) is 0 Å². The van der Waals surface area contributed by atoms with Crippen molar-refractivity contribution < 1.29 is 9.53 Å². The van der Waals surface area contributed by atoms with Gasteiger partial charge in [0.15, 0.2) is 0 Å². The zero-order valence-corrected chi connectivity index (χ0v) is 9.88. The minimum absolute atomic E-state index is 0.0528. The lowest BCUT2D eigenvalue weighted by Crippen LogP contribution is -2.43. The van der Waals surface area contributed by atoms with E-state index in [-0.39, 0.29) is 30.2 Å². The van der Waals surface area contributed by atoms with E-state index < -0.39 is 0 Å². The third-order valence-corrected chi connectivity index (χ3v) is 2.39. The van der Waals surface area contributed by atoms with Gasteiger partial charge in [0.05, 0.1) is 6.10 Å². The van der Waals surface area contributed by atoms with Crippen molar-refractivity contribution in [3.63, 3.8) is 0 Å². The Morgan fingerprint density at radius 1 is 1.47 bits per heavy atom. The standard InChI is InChI=1S/C11H22N2O2/c1-11(2,3)13-10(14)7-15-9-5-4-8(12)6-9/h8-9H,4-7,12H2,1-3H3,(H,13,14). The highest BCUT2D eigenvalue weighted by Crippen LogP contribution is 2.20. The van der Waals surface area contributed by atoms with Gasteiger partial charge in [-0.3, -0.25) is 4.79 Å². The molecular formula is C11H22N2O2. The second-order valence-electron chi connectivity index (χ2n) is 5.30. The highest BCUT2D eigenvalue weighted by molar-refractivity contribution is 5.77. The first-order valence-electron chi connectivity index (χ1n) is 5.55. The summed E-state index contributed by atoms with van der Waals surface area (Å²) < 4.78 is 5.49. The number of ether oxygens (including phenoxy) is 1. The van der Waals surface area contributed by atoms with Crippen molar-refractivity contribution in [2.45, 2.75) is 57.7 Å². The van der Waals surface area contributed by atoms with Crippen molar-refractivity contribution in [2.75, 3.05) is 6.61 Å². The van der Waals surface area contributed by atoms with Crippen LogP contribution in [0.2, 0.25) is 0 Å². The Morgan fingerprint density at radius 2 is 2.13 bits per heavy atom. The van der Waals surface area contributed by atoms with Gasteiger partial charge in [-0.25, -0.2) is 0 Å². The van der Waals surface area contributed by atoms with Gasteiger partial charge in [-0.15, -0.1) is 0 Å². The largest absolute Gasteiger partial charge is 0.368 e. The number of amides is 1. The molecule has 1 rings (SSSR count). The molecule has 2 atom stereocenters. The molecule has 1 amide bonds. The number of hydrogen-bond donors (Lipinski definition) is 2. The van der Waals surface area contributed by atoms with E-state index in [4.69, 9.17) is 10.5 Å². The van der Waals surface area contributed by atoms with E-state index in [1.807, 2.05) is 20.8 Å². The van der Waals surface area contributed by atoms with E-state index in [9.17, 15) is 4.79 Å². The zero-order chi connectivity index (χ0) is 11.5. The Bertz CT molecular complexity index is 223. The van der Waals surface area contributed by atoms with Crippen LogP contribution in [0.1, 0.15) is 40.0 Å². The van der Waals surface area contributed by atoms with Crippen molar-refractivity contribution in [3.8, 4) is 0 Å². The van der Waals surface area contributed by atoms with E-state index in [0.29, 0.717) is 0 Å². The van der Waals surface area contributed by atoms with Crippen LogP contribution in [0.3, 0.4) is 0 Å². The maximum absolute atomic E-state index is 11.4. The Balaban J connectivity index is 2.17. The second kappa shape index (κ2) is 4.94. The maximum atomic E-state index is 11.4. The summed E-state index contributed by atoms with van der Waals surface area (Å²) in [7, 11) is 0. The van der Waals surface area contributed by atoms with Gasteiger partial charge in [-0.2, -0.15) is 0 Å². The molecule has 0 radical (unpaired) electrons. The van der Waals surface area contributed by atoms with Crippen LogP contribution in [0.4, 0.5) is 0 Å². The number of carbonyl (C=O) groups is 1. The quantitative estimate of drug-likeness (QED) is 0.730. The average molecular weight is 214 g/mol. The fourth-order valence-corrected chi connectivity index (χ4v) is 1.77. The summed E-state index contributed by atoms with van der Waals surface area (Å²) in [5, 5.41) is 2.86. The van der Waals surface area contributed by atoms with Gasteiger partial charge in [0.2, 0.25) is 5.91 Å². The summed E-state index contributed by atoms with van der Waals surface area (Å²) in [6.07, 6.45) is 3.03. The molecule has 4 heteroatoms. The molecule has 15 heavy (non-hydrogen) atoms. The molecule has 0 aliphatic heterocycles. The summed E-state index contributed by atoms with van der Waals surface area (Å²) in [4.78, 5) is 11.4. The highest BCUT2D eigenvalue weighted by atomic mass is 16.5. The zero-order valence-electron chi connectivity index (χ0n) is 9.88. The molecule has 3 N–H and O–H groups in total. The molecule has 0 spiro atoms. The summed E-state index contributed by atoms with van der Waals surface area (Å²) in [6, 6.07) is 0.251. The monoisotopic (exact) mass is 214 g/mol. The van der Waals surface area contributed by atoms with Crippen LogP contribution in [0.15, 0.2) is 0 Å². The second-order valence-corrected chi connectivity index (χ2v) is 5.30. The molecule has 1 aliphatic rings. The van der Waals surface area contributed by atoms with Crippen LogP contribution in [-0.4, -0.2) is 30.2 Å². The normalized spacial score (nSPS) is 26.7. The predicted octanol–water partition coefficient (Wildman–Crippen LogP) is 0.797. The summed E-state index contributed by atoms with van der Waals surface area (Å²) in [6.45, 7) is 6.01. The van der Waals surface area contributed by atoms with Crippen LogP contribution >= 0.6 is 0 Å². The molecule has 1 aliphatic carbocycles. The lowest BCUT2D eigenvalue weighted by molar-refractivity contribution is -0.129. The van der Waals surface area contributed by atoms with Crippen LogP contribution in [-0.2, 0) is 9.53 Å². The van der Waals surface area contributed by atoms with Crippen LogP contribution < -0.4 is 11.1 Å². The third kappa shape index (κ3) is 5.14. The first-order chi connectivity index (χ1) is 6.87. The molecule has 0 aromatic rings. The minimum atomic E-state index is -0.188. The van der Waals surface area contributed by atoms with Crippen molar-refractivity contribution in [1.29, 1.82) is 0 Å². The smallest absolute Gasteiger partial charge is 0.246 e. The molecular weight excluding hydrogens is 192 g/mol. The van der Waals surface area contributed by atoms with E-state index in [1.165, 1.54) is 0 Å². The number of carbonyl (C=O) groups excluding carboxylic acids is 1. The molecule has 0 aromatic heterocycles. The van der Waals surface area contributed by atoms with Gasteiger partial charge >= 0.3 is 0 Å². The number of nitrogens with one attached hydrogen (secondary N) is 1. The predicted molar refractivity (Wildman–Crippen MR) is 59.5 cm³/mol. The van der Waals surface area contributed by atoms with E-state index in [2.05, 4.69) is 5.32 Å². The minimum Gasteiger partial charge on any atom is -0.368 e. The molecule has 1 saturated carbocycles. The molecule has 4 nitrogen and oxygen atoms in total. The molecule has 0 aromatic carbocycles. The average Bonchev–Trinajstić information content (AvgIpc) is 2.45. The van der Waals surface area contributed by atoms with Gasteiger partial charge in [-0.1, -0.05) is 0 Å². The number of hydrogen-bond acceptors (Lipinski definition) is 3. The fourth-order valence-electron chi connectivity index (χ4n) is 1.77. The molecule has 0 heterocycles.